The first kappa shape index (κ1) is 24.7. The second-order valence-corrected chi connectivity index (χ2v) is 9.05. The lowest BCUT2D eigenvalue weighted by Crippen LogP contribution is -2.46. The standard InChI is InChI=1S/C26H29N3O5/c1-26(2,3)34-25(33)28-20(14-17-10-6-5-7-11-17)23(30)27-21(24(31)32)15-18-16-29(4)22-13-9-8-12-19(18)22/h5-13,16,21H,14-15H2,1-4H3,(H,27,30)(H,31,32)/t21-/m1/s1. The number of para-hydroxylation sites is 1. The molecule has 0 spiro atoms. The molecule has 0 aliphatic rings. The van der Waals surface area contributed by atoms with Crippen molar-refractivity contribution in [2.45, 2.75) is 45.3 Å². The molecule has 8 heteroatoms. The number of nitrogens with one attached hydrogen (secondary N) is 1. The number of nitrogens with zero attached hydrogens (tertiary/aromatic N) is 2. The molecule has 0 unspecified atom stereocenters. The molecule has 1 aromatic heterocycles. The fourth-order valence-corrected chi connectivity index (χ4v) is 3.60. The van der Waals surface area contributed by atoms with Crippen molar-refractivity contribution in [1.29, 1.82) is 0 Å². The van der Waals surface area contributed by atoms with Crippen molar-refractivity contribution in [3.63, 3.8) is 0 Å². The number of aromatic nitrogens is 1. The van der Waals surface area contributed by atoms with Gasteiger partial charge in [0.25, 0.3) is 5.91 Å². The van der Waals surface area contributed by atoms with Crippen molar-refractivity contribution >= 4 is 34.6 Å². The molecule has 34 heavy (non-hydrogen) atoms. The van der Waals surface area contributed by atoms with Gasteiger partial charge in [-0.25, -0.2) is 9.59 Å². The van der Waals surface area contributed by atoms with Crippen molar-refractivity contribution in [1.82, 2.24) is 9.88 Å². The Balaban J connectivity index is 1.85. The van der Waals surface area contributed by atoms with E-state index in [1.807, 2.05) is 48.1 Å². The van der Waals surface area contributed by atoms with E-state index in [0.717, 1.165) is 22.0 Å². The van der Waals surface area contributed by atoms with Gasteiger partial charge >= 0.3 is 12.1 Å². The van der Waals surface area contributed by atoms with Crippen LogP contribution in [0.5, 0.6) is 0 Å². The first-order chi connectivity index (χ1) is 16.0. The van der Waals surface area contributed by atoms with Crippen LogP contribution in [0.1, 0.15) is 31.9 Å². The molecule has 0 fully saturated rings. The zero-order chi connectivity index (χ0) is 24.9. The van der Waals surface area contributed by atoms with Crippen LogP contribution >= 0.6 is 0 Å². The molecule has 0 aliphatic heterocycles. The lowest BCUT2D eigenvalue weighted by molar-refractivity contribution is -0.141. The number of fused-ring (bicyclic) bond motifs is 1. The number of aliphatic imine (C=N–C) groups is 1. The Labute approximate surface area is 198 Å². The summed E-state index contributed by atoms with van der Waals surface area (Å²) in [6.07, 6.45) is 1.07. The van der Waals surface area contributed by atoms with Crippen molar-refractivity contribution in [2.24, 2.45) is 12.0 Å². The van der Waals surface area contributed by atoms with Gasteiger partial charge < -0.3 is 19.7 Å². The Hall–Kier alpha value is -3.94. The van der Waals surface area contributed by atoms with E-state index in [4.69, 9.17) is 4.74 Å². The lowest BCUT2D eigenvalue weighted by Gasteiger charge is -2.18. The van der Waals surface area contributed by atoms with Gasteiger partial charge in [-0.3, -0.25) is 4.79 Å². The molecule has 0 bridgehead atoms. The summed E-state index contributed by atoms with van der Waals surface area (Å²) in [5.74, 6) is -1.92. The number of carbonyl (C=O) groups is 3. The minimum Gasteiger partial charge on any atom is -0.480 e. The Morgan fingerprint density at radius 3 is 2.35 bits per heavy atom. The maximum atomic E-state index is 13.1. The smallest absolute Gasteiger partial charge is 0.434 e. The van der Waals surface area contributed by atoms with Gasteiger partial charge in [0.15, 0.2) is 0 Å². The van der Waals surface area contributed by atoms with E-state index in [1.165, 1.54) is 0 Å². The summed E-state index contributed by atoms with van der Waals surface area (Å²) in [6.45, 7) is 5.09. The fourth-order valence-electron chi connectivity index (χ4n) is 3.60. The number of rotatable bonds is 7. The van der Waals surface area contributed by atoms with E-state index in [2.05, 4.69) is 10.3 Å². The van der Waals surface area contributed by atoms with E-state index in [0.29, 0.717) is 0 Å². The molecule has 0 saturated carbocycles. The van der Waals surface area contributed by atoms with Gasteiger partial charge in [0.2, 0.25) is 0 Å². The Morgan fingerprint density at radius 2 is 1.71 bits per heavy atom. The zero-order valence-electron chi connectivity index (χ0n) is 19.7. The van der Waals surface area contributed by atoms with Gasteiger partial charge in [0.05, 0.1) is 0 Å². The minimum absolute atomic E-state index is 0.0481. The molecule has 1 heterocycles. The van der Waals surface area contributed by atoms with Crippen LogP contribution in [0.4, 0.5) is 4.79 Å². The van der Waals surface area contributed by atoms with Crippen molar-refractivity contribution < 1.29 is 24.2 Å². The molecule has 2 aromatic carbocycles. The highest BCUT2D eigenvalue weighted by atomic mass is 16.6. The number of ether oxygens (including phenoxy) is 1. The number of carboxylic acids is 1. The number of benzene rings is 2. The molecule has 2 amide bonds. The summed E-state index contributed by atoms with van der Waals surface area (Å²) in [7, 11) is 1.88. The quantitative estimate of drug-likeness (QED) is 0.516. The van der Waals surface area contributed by atoms with Crippen molar-refractivity contribution in [2.75, 3.05) is 0 Å². The summed E-state index contributed by atoms with van der Waals surface area (Å²) < 4.78 is 7.14. The molecular weight excluding hydrogens is 434 g/mol. The average Bonchev–Trinajstić information content (AvgIpc) is 3.07. The molecule has 0 radical (unpaired) electrons. The molecular formula is C26H29N3O5. The van der Waals surface area contributed by atoms with E-state index in [9.17, 15) is 19.5 Å². The maximum absolute atomic E-state index is 13.1. The predicted molar refractivity (Wildman–Crippen MR) is 130 cm³/mol. The Bertz CT molecular complexity index is 1220. The summed E-state index contributed by atoms with van der Waals surface area (Å²) in [4.78, 5) is 41.3. The van der Waals surface area contributed by atoms with Crippen LogP contribution < -0.4 is 5.32 Å². The first-order valence-corrected chi connectivity index (χ1v) is 10.9. The predicted octanol–water partition coefficient (Wildman–Crippen LogP) is 3.91. The summed E-state index contributed by atoms with van der Waals surface area (Å²) in [6, 6.07) is 15.5. The number of carboxylic acid groups (broad SMARTS) is 1. The van der Waals surface area contributed by atoms with Gasteiger partial charge in [-0.15, -0.1) is 0 Å². The van der Waals surface area contributed by atoms with Gasteiger partial charge in [0, 0.05) is 37.0 Å². The second kappa shape index (κ2) is 10.3. The van der Waals surface area contributed by atoms with Crippen molar-refractivity contribution in [3.8, 4) is 0 Å². The molecule has 3 rings (SSSR count). The largest absolute Gasteiger partial charge is 0.480 e. The number of amides is 2. The Kier molecular flexibility index (Phi) is 7.50. The van der Waals surface area contributed by atoms with Gasteiger partial charge in [-0.1, -0.05) is 48.5 Å². The van der Waals surface area contributed by atoms with Crippen LogP contribution in [0, 0.1) is 0 Å². The van der Waals surface area contributed by atoms with E-state index in [-0.39, 0.29) is 18.6 Å². The summed E-state index contributed by atoms with van der Waals surface area (Å²) in [5.41, 5.74) is 1.60. The molecule has 178 valence electrons. The molecule has 0 saturated heterocycles. The highest BCUT2D eigenvalue weighted by Crippen LogP contribution is 2.21. The second-order valence-electron chi connectivity index (χ2n) is 9.05. The van der Waals surface area contributed by atoms with Crippen LogP contribution in [0.25, 0.3) is 10.9 Å². The number of aryl methyl sites for hydroxylation is 1. The number of aliphatic carboxylic acids is 1. The van der Waals surface area contributed by atoms with Crippen LogP contribution in [0.2, 0.25) is 0 Å². The third-order valence-corrected chi connectivity index (χ3v) is 5.10. The third kappa shape index (κ3) is 6.54. The van der Waals surface area contributed by atoms with Gasteiger partial charge in [-0.05, 0) is 38.0 Å². The Morgan fingerprint density at radius 1 is 1.06 bits per heavy atom. The van der Waals surface area contributed by atoms with Crippen LogP contribution in [-0.4, -0.2) is 45.0 Å². The SMILES string of the molecule is Cn1cc(C[C@@H](NC(=O)C(Cc2ccccc2)=NC(=O)OC(C)(C)C)C(=O)O)c2ccccc21. The molecule has 1 atom stereocenters. The molecule has 8 nitrogen and oxygen atoms in total. The molecule has 2 N–H and O–H groups in total. The summed E-state index contributed by atoms with van der Waals surface area (Å²) >= 11 is 0. The average molecular weight is 464 g/mol. The van der Waals surface area contributed by atoms with Gasteiger partial charge in [0.1, 0.15) is 17.4 Å². The monoisotopic (exact) mass is 463 g/mol. The van der Waals surface area contributed by atoms with E-state index >= 15 is 0 Å². The minimum atomic E-state index is -1.21. The van der Waals surface area contributed by atoms with Crippen LogP contribution in [-0.2, 0) is 34.2 Å². The maximum Gasteiger partial charge on any atom is 0.434 e. The number of carbonyl (C=O) groups excluding carboxylic acids is 2. The van der Waals surface area contributed by atoms with Gasteiger partial charge in [-0.2, -0.15) is 4.99 Å². The fraction of sp³-hybridized carbons (Fsp3) is 0.308. The molecule has 0 aliphatic carbocycles. The molecule has 3 aromatic rings. The van der Waals surface area contributed by atoms with Crippen LogP contribution in [0.15, 0.2) is 65.8 Å². The third-order valence-electron chi connectivity index (χ3n) is 5.10. The zero-order valence-corrected chi connectivity index (χ0v) is 19.7. The first-order valence-electron chi connectivity index (χ1n) is 10.9. The lowest BCUT2D eigenvalue weighted by atomic mass is 10.0. The summed E-state index contributed by atoms with van der Waals surface area (Å²) in [5, 5.41) is 13.3. The van der Waals surface area contributed by atoms with Crippen molar-refractivity contribution in [3.05, 3.63) is 71.9 Å². The topological polar surface area (TPSA) is 110 Å². The highest BCUT2D eigenvalue weighted by Gasteiger charge is 2.26. The van der Waals surface area contributed by atoms with Crippen LogP contribution in [0.3, 0.4) is 0 Å². The number of hydrogen-bond donors (Lipinski definition) is 2. The van der Waals surface area contributed by atoms with E-state index in [1.54, 1.807) is 45.0 Å². The normalized spacial score (nSPS) is 12.9. The number of hydrogen-bond acceptors (Lipinski definition) is 4. The highest BCUT2D eigenvalue weighted by molar-refractivity contribution is 6.41. The van der Waals surface area contributed by atoms with E-state index < -0.39 is 29.6 Å².